The lowest BCUT2D eigenvalue weighted by Crippen LogP contribution is -1.99. The Kier molecular flexibility index (Phi) is 5.09. The summed E-state index contributed by atoms with van der Waals surface area (Å²) in [5.74, 6) is 0.913. The van der Waals surface area contributed by atoms with E-state index in [0.717, 1.165) is 33.8 Å². The Bertz CT molecular complexity index is 617. The fourth-order valence-electron chi connectivity index (χ4n) is 2.01. The van der Waals surface area contributed by atoms with Gasteiger partial charge in [-0.05, 0) is 53.9 Å². The molecule has 2 rings (SSSR count). The number of aryl methyl sites for hydroxylation is 2. The molecule has 102 valence electrons. The largest absolute Gasteiger partial charge is 0.489 e. The molecule has 0 aliphatic rings. The number of benzene rings is 2. The maximum atomic E-state index is 8.81. The molecule has 0 spiro atoms. The van der Waals surface area contributed by atoms with Crippen LogP contribution in [0.15, 0.2) is 47.4 Å². The first-order valence-electron chi connectivity index (χ1n) is 6.60. The molecular formula is C17H17NOS. The summed E-state index contributed by atoms with van der Waals surface area (Å²) < 4.78 is 5.94. The molecule has 0 fully saturated rings. The third-order valence-electron chi connectivity index (χ3n) is 3.13. The van der Waals surface area contributed by atoms with E-state index in [9.17, 15) is 0 Å². The zero-order valence-corrected chi connectivity index (χ0v) is 12.5. The van der Waals surface area contributed by atoms with Crippen molar-refractivity contribution in [2.75, 3.05) is 0 Å². The SMILES string of the molecule is CCc1cc(SC#N)c(C)cc1OCc1ccccc1. The van der Waals surface area contributed by atoms with Gasteiger partial charge in [0.2, 0.25) is 0 Å². The van der Waals surface area contributed by atoms with Crippen molar-refractivity contribution in [2.24, 2.45) is 0 Å². The summed E-state index contributed by atoms with van der Waals surface area (Å²) in [5, 5.41) is 10.9. The van der Waals surface area contributed by atoms with Crippen LogP contribution in [-0.2, 0) is 13.0 Å². The van der Waals surface area contributed by atoms with Gasteiger partial charge in [-0.1, -0.05) is 37.3 Å². The minimum absolute atomic E-state index is 0.567. The maximum Gasteiger partial charge on any atom is 0.138 e. The minimum Gasteiger partial charge on any atom is -0.489 e. The van der Waals surface area contributed by atoms with Crippen LogP contribution in [0.2, 0.25) is 0 Å². The molecule has 0 saturated carbocycles. The van der Waals surface area contributed by atoms with Crippen molar-refractivity contribution in [3.63, 3.8) is 0 Å². The molecule has 3 heteroatoms. The van der Waals surface area contributed by atoms with Gasteiger partial charge in [0, 0.05) is 4.90 Å². The molecule has 2 nitrogen and oxygen atoms in total. The van der Waals surface area contributed by atoms with Gasteiger partial charge in [-0.3, -0.25) is 0 Å². The van der Waals surface area contributed by atoms with E-state index in [0.29, 0.717) is 6.61 Å². The smallest absolute Gasteiger partial charge is 0.138 e. The highest BCUT2D eigenvalue weighted by Crippen LogP contribution is 2.30. The third-order valence-corrected chi connectivity index (χ3v) is 3.88. The van der Waals surface area contributed by atoms with Crippen molar-refractivity contribution in [3.8, 4) is 11.2 Å². The lowest BCUT2D eigenvalue weighted by molar-refractivity contribution is 0.302. The molecule has 0 radical (unpaired) electrons. The summed E-state index contributed by atoms with van der Waals surface area (Å²) in [6.45, 7) is 4.67. The van der Waals surface area contributed by atoms with Gasteiger partial charge in [-0.2, -0.15) is 5.26 Å². The standard InChI is InChI=1S/C17H17NOS/c1-3-15-10-17(20-12-18)13(2)9-16(15)19-11-14-7-5-4-6-8-14/h4-10H,3,11H2,1-2H3. The van der Waals surface area contributed by atoms with E-state index in [2.05, 4.69) is 30.5 Å². The summed E-state index contributed by atoms with van der Waals surface area (Å²) in [6.07, 6.45) is 0.892. The number of thiocyanates is 1. The highest BCUT2D eigenvalue weighted by Gasteiger charge is 2.08. The number of nitriles is 1. The van der Waals surface area contributed by atoms with Crippen LogP contribution in [0.25, 0.3) is 0 Å². The van der Waals surface area contributed by atoms with Gasteiger partial charge in [0.1, 0.15) is 17.8 Å². The second kappa shape index (κ2) is 7.02. The van der Waals surface area contributed by atoms with Gasteiger partial charge in [-0.15, -0.1) is 0 Å². The molecule has 20 heavy (non-hydrogen) atoms. The number of thioether (sulfide) groups is 1. The summed E-state index contributed by atoms with van der Waals surface area (Å²) in [5.41, 5.74) is 3.38. The van der Waals surface area contributed by atoms with E-state index in [1.54, 1.807) is 0 Å². The van der Waals surface area contributed by atoms with Crippen molar-refractivity contribution in [3.05, 3.63) is 59.2 Å². The molecule has 0 N–H and O–H groups in total. The normalized spacial score (nSPS) is 10.1. The highest BCUT2D eigenvalue weighted by atomic mass is 32.2. The number of hydrogen-bond acceptors (Lipinski definition) is 3. The quantitative estimate of drug-likeness (QED) is 0.588. The molecule has 0 heterocycles. The lowest BCUT2D eigenvalue weighted by Gasteiger charge is -2.13. The maximum absolute atomic E-state index is 8.81. The summed E-state index contributed by atoms with van der Waals surface area (Å²) in [4.78, 5) is 1.01. The molecule has 0 aliphatic carbocycles. The monoisotopic (exact) mass is 283 g/mol. The van der Waals surface area contributed by atoms with E-state index < -0.39 is 0 Å². The van der Waals surface area contributed by atoms with Crippen LogP contribution < -0.4 is 4.74 Å². The first-order valence-corrected chi connectivity index (χ1v) is 7.42. The molecule has 0 aliphatic heterocycles. The van der Waals surface area contributed by atoms with Crippen molar-refractivity contribution in [2.45, 2.75) is 31.8 Å². The van der Waals surface area contributed by atoms with E-state index >= 15 is 0 Å². The van der Waals surface area contributed by atoms with Gasteiger partial charge in [0.05, 0.1) is 0 Å². The predicted molar refractivity (Wildman–Crippen MR) is 82.8 cm³/mol. The summed E-state index contributed by atoms with van der Waals surface area (Å²) in [7, 11) is 0. The Morgan fingerprint density at radius 1 is 1.20 bits per heavy atom. The predicted octanol–water partition coefficient (Wildman–Crippen LogP) is 4.71. The number of nitrogens with zero attached hydrogens (tertiary/aromatic N) is 1. The molecule has 0 amide bonds. The van der Waals surface area contributed by atoms with Crippen molar-refractivity contribution in [1.29, 1.82) is 5.26 Å². The molecule has 0 unspecified atom stereocenters. The first kappa shape index (κ1) is 14.5. The topological polar surface area (TPSA) is 33.0 Å². The molecule has 0 atom stereocenters. The minimum atomic E-state index is 0.567. The van der Waals surface area contributed by atoms with Crippen molar-refractivity contribution >= 4 is 11.8 Å². The summed E-state index contributed by atoms with van der Waals surface area (Å²) >= 11 is 1.20. The molecule has 2 aromatic carbocycles. The van der Waals surface area contributed by atoms with Gasteiger partial charge < -0.3 is 4.74 Å². The van der Waals surface area contributed by atoms with Gasteiger partial charge >= 0.3 is 0 Å². The fourth-order valence-corrected chi connectivity index (χ4v) is 2.53. The Balaban J connectivity index is 2.19. The van der Waals surface area contributed by atoms with Crippen LogP contribution in [0.5, 0.6) is 5.75 Å². The average Bonchev–Trinajstić information content (AvgIpc) is 2.48. The number of rotatable bonds is 5. The van der Waals surface area contributed by atoms with E-state index in [1.807, 2.05) is 31.2 Å². The number of ether oxygens (including phenoxy) is 1. The van der Waals surface area contributed by atoms with E-state index in [-0.39, 0.29) is 0 Å². The Hall–Kier alpha value is -1.92. The zero-order valence-electron chi connectivity index (χ0n) is 11.7. The van der Waals surface area contributed by atoms with Crippen LogP contribution >= 0.6 is 11.8 Å². The molecule has 0 saturated heterocycles. The zero-order chi connectivity index (χ0) is 14.4. The summed E-state index contributed by atoms with van der Waals surface area (Å²) in [6, 6.07) is 14.2. The van der Waals surface area contributed by atoms with Crippen LogP contribution in [0.1, 0.15) is 23.6 Å². The Labute approximate surface area is 124 Å². The highest BCUT2D eigenvalue weighted by molar-refractivity contribution is 8.03. The van der Waals surface area contributed by atoms with E-state index in [1.165, 1.54) is 11.8 Å². The first-order chi connectivity index (χ1) is 9.74. The van der Waals surface area contributed by atoms with Crippen LogP contribution in [0.3, 0.4) is 0 Å². The Morgan fingerprint density at radius 2 is 1.95 bits per heavy atom. The van der Waals surface area contributed by atoms with E-state index in [4.69, 9.17) is 10.00 Å². The average molecular weight is 283 g/mol. The Morgan fingerprint density at radius 3 is 2.60 bits per heavy atom. The van der Waals surface area contributed by atoms with Crippen molar-refractivity contribution < 1.29 is 4.74 Å². The third kappa shape index (κ3) is 3.55. The lowest BCUT2D eigenvalue weighted by atomic mass is 10.1. The fraction of sp³-hybridized carbons (Fsp3) is 0.235. The molecule has 0 bridgehead atoms. The van der Waals surface area contributed by atoms with Crippen molar-refractivity contribution in [1.82, 2.24) is 0 Å². The van der Waals surface area contributed by atoms with Crippen LogP contribution in [0.4, 0.5) is 0 Å². The molecule has 2 aromatic rings. The number of hydrogen-bond donors (Lipinski definition) is 0. The van der Waals surface area contributed by atoms with Gasteiger partial charge in [0.15, 0.2) is 0 Å². The van der Waals surface area contributed by atoms with Crippen LogP contribution in [0, 0.1) is 17.6 Å². The van der Waals surface area contributed by atoms with Crippen LogP contribution in [-0.4, -0.2) is 0 Å². The van der Waals surface area contributed by atoms with Gasteiger partial charge in [0.25, 0.3) is 0 Å². The van der Waals surface area contributed by atoms with Gasteiger partial charge in [-0.25, -0.2) is 0 Å². The second-order valence-corrected chi connectivity index (χ2v) is 5.37. The molecular weight excluding hydrogens is 266 g/mol. The second-order valence-electron chi connectivity index (χ2n) is 4.55. The molecule has 0 aromatic heterocycles.